The minimum Gasteiger partial charge on any atom is -0.321 e. The molecular formula is C25H30N4O. The van der Waals surface area contributed by atoms with Crippen molar-refractivity contribution in [3.8, 4) is 5.69 Å². The monoisotopic (exact) mass is 402 g/mol. The summed E-state index contributed by atoms with van der Waals surface area (Å²) in [6.07, 6.45) is 6.31. The van der Waals surface area contributed by atoms with E-state index in [0.717, 1.165) is 55.6 Å². The van der Waals surface area contributed by atoms with Crippen LogP contribution in [0.3, 0.4) is 0 Å². The molecule has 5 heteroatoms. The zero-order valence-corrected chi connectivity index (χ0v) is 17.9. The van der Waals surface area contributed by atoms with Gasteiger partial charge in [-0.25, -0.2) is 4.68 Å². The molecule has 1 aromatic heterocycles. The van der Waals surface area contributed by atoms with Crippen LogP contribution in [-0.2, 0) is 19.3 Å². The Morgan fingerprint density at radius 3 is 2.47 bits per heavy atom. The summed E-state index contributed by atoms with van der Waals surface area (Å²) in [5.74, 6) is -0.121. The average Bonchev–Trinajstić information content (AvgIpc) is 2.95. The predicted molar refractivity (Wildman–Crippen MR) is 121 cm³/mol. The van der Waals surface area contributed by atoms with E-state index in [9.17, 15) is 4.79 Å². The normalized spacial score (nSPS) is 13.7. The highest BCUT2D eigenvalue weighted by atomic mass is 16.2. The molecule has 1 heterocycles. The number of nitrogens with one attached hydrogen (secondary N) is 1. The number of para-hydroxylation sites is 1. The van der Waals surface area contributed by atoms with Crippen molar-refractivity contribution in [3.63, 3.8) is 0 Å². The Balaban J connectivity index is 1.57. The van der Waals surface area contributed by atoms with Gasteiger partial charge in [0.25, 0.3) is 5.91 Å². The first kappa shape index (κ1) is 20.4. The summed E-state index contributed by atoms with van der Waals surface area (Å²) >= 11 is 0. The molecule has 0 aliphatic heterocycles. The van der Waals surface area contributed by atoms with Gasteiger partial charge >= 0.3 is 0 Å². The van der Waals surface area contributed by atoms with Gasteiger partial charge in [-0.1, -0.05) is 36.8 Å². The van der Waals surface area contributed by atoms with Crippen molar-refractivity contribution >= 4 is 11.6 Å². The van der Waals surface area contributed by atoms with Gasteiger partial charge in [-0.05, 0) is 76.0 Å². The fourth-order valence-corrected chi connectivity index (χ4v) is 4.04. The standard InChI is InChI=1S/C25H30N4O/c1-28(2)18-17-19-13-15-20(16-14-19)26-25(30)24-22-11-7-4-8-12-23(22)29(27-24)21-9-5-3-6-10-21/h3,5-6,9-10,13-16H,4,7-8,11-12,17-18H2,1-2H3,(H,26,30). The number of rotatable bonds is 6. The number of fused-ring (bicyclic) bond motifs is 1. The Kier molecular flexibility index (Phi) is 6.29. The molecule has 1 aliphatic rings. The molecule has 30 heavy (non-hydrogen) atoms. The Hall–Kier alpha value is -2.92. The smallest absolute Gasteiger partial charge is 0.276 e. The maximum Gasteiger partial charge on any atom is 0.276 e. The summed E-state index contributed by atoms with van der Waals surface area (Å²) in [4.78, 5) is 15.3. The van der Waals surface area contributed by atoms with Gasteiger partial charge in [-0.3, -0.25) is 4.79 Å². The fraction of sp³-hybridized carbons (Fsp3) is 0.360. The second-order valence-corrected chi connectivity index (χ2v) is 8.29. The molecule has 1 amide bonds. The molecule has 4 rings (SSSR count). The lowest BCUT2D eigenvalue weighted by atomic mass is 10.1. The number of amides is 1. The van der Waals surface area contributed by atoms with Gasteiger partial charge in [0.1, 0.15) is 0 Å². The van der Waals surface area contributed by atoms with Crippen LogP contribution in [-0.4, -0.2) is 41.2 Å². The molecule has 0 unspecified atom stereocenters. The molecule has 5 nitrogen and oxygen atoms in total. The molecule has 0 spiro atoms. The predicted octanol–water partition coefficient (Wildman–Crippen LogP) is 4.50. The van der Waals surface area contributed by atoms with E-state index in [0.29, 0.717) is 5.69 Å². The van der Waals surface area contributed by atoms with Gasteiger partial charge in [0.2, 0.25) is 0 Å². The quantitative estimate of drug-likeness (QED) is 0.618. The second-order valence-electron chi connectivity index (χ2n) is 8.29. The third-order valence-corrected chi connectivity index (χ3v) is 5.71. The number of aromatic nitrogens is 2. The lowest BCUT2D eigenvalue weighted by Gasteiger charge is -2.10. The summed E-state index contributed by atoms with van der Waals surface area (Å²) in [5, 5.41) is 7.83. The second kappa shape index (κ2) is 9.26. The summed E-state index contributed by atoms with van der Waals surface area (Å²) in [6, 6.07) is 18.3. The van der Waals surface area contributed by atoms with Crippen LogP contribution in [0.2, 0.25) is 0 Å². The third kappa shape index (κ3) is 4.62. The van der Waals surface area contributed by atoms with Crippen molar-refractivity contribution in [2.45, 2.75) is 38.5 Å². The Morgan fingerprint density at radius 1 is 1.00 bits per heavy atom. The Labute approximate surface area is 178 Å². The van der Waals surface area contributed by atoms with E-state index < -0.39 is 0 Å². The van der Waals surface area contributed by atoms with Crippen molar-refractivity contribution in [2.75, 3.05) is 26.0 Å². The summed E-state index contributed by atoms with van der Waals surface area (Å²) in [5.41, 5.74) is 5.95. The zero-order chi connectivity index (χ0) is 20.9. The van der Waals surface area contributed by atoms with Crippen LogP contribution >= 0.6 is 0 Å². The maximum absolute atomic E-state index is 13.1. The number of carbonyl (C=O) groups is 1. The molecule has 2 aromatic carbocycles. The summed E-state index contributed by atoms with van der Waals surface area (Å²) in [7, 11) is 4.15. The van der Waals surface area contributed by atoms with Crippen LogP contribution in [0.1, 0.15) is 46.6 Å². The number of likely N-dealkylation sites (N-methyl/N-ethyl adjacent to an activating group) is 1. The molecule has 0 bridgehead atoms. The molecule has 0 saturated carbocycles. The highest BCUT2D eigenvalue weighted by Gasteiger charge is 2.24. The van der Waals surface area contributed by atoms with E-state index in [1.54, 1.807) is 0 Å². The average molecular weight is 403 g/mol. The first-order chi connectivity index (χ1) is 14.6. The van der Waals surface area contributed by atoms with Gasteiger partial charge in [0.15, 0.2) is 5.69 Å². The maximum atomic E-state index is 13.1. The van der Waals surface area contributed by atoms with Crippen LogP contribution in [0.4, 0.5) is 5.69 Å². The van der Waals surface area contributed by atoms with Crippen molar-refractivity contribution in [1.29, 1.82) is 0 Å². The SMILES string of the molecule is CN(C)CCc1ccc(NC(=O)c2nn(-c3ccccc3)c3c2CCCCC3)cc1. The number of benzene rings is 2. The van der Waals surface area contributed by atoms with Crippen LogP contribution in [0.25, 0.3) is 5.69 Å². The van der Waals surface area contributed by atoms with Crippen molar-refractivity contribution in [1.82, 2.24) is 14.7 Å². The fourth-order valence-electron chi connectivity index (χ4n) is 4.04. The lowest BCUT2D eigenvalue weighted by molar-refractivity contribution is 0.102. The first-order valence-electron chi connectivity index (χ1n) is 10.8. The molecule has 0 fully saturated rings. The molecule has 0 saturated heterocycles. The third-order valence-electron chi connectivity index (χ3n) is 5.71. The number of anilines is 1. The lowest BCUT2D eigenvalue weighted by Crippen LogP contribution is -2.16. The highest BCUT2D eigenvalue weighted by Crippen LogP contribution is 2.27. The van der Waals surface area contributed by atoms with E-state index in [2.05, 4.69) is 36.4 Å². The van der Waals surface area contributed by atoms with E-state index >= 15 is 0 Å². The molecule has 0 atom stereocenters. The minimum atomic E-state index is -0.121. The van der Waals surface area contributed by atoms with Crippen LogP contribution in [0.15, 0.2) is 54.6 Å². The van der Waals surface area contributed by atoms with Crippen LogP contribution in [0, 0.1) is 0 Å². The van der Waals surface area contributed by atoms with Gasteiger partial charge in [0.05, 0.1) is 5.69 Å². The first-order valence-corrected chi connectivity index (χ1v) is 10.8. The number of hydrogen-bond donors (Lipinski definition) is 1. The highest BCUT2D eigenvalue weighted by molar-refractivity contribution is 6.04. The summed E-state index contributed by atoms with van der Waals surface area (Å²) in [6.45, 7) is 1.01. The molecule has 1 aliphatic carbocycles. The molecular weight excluding hydrogens is 372 g/mol. The molecule has 156 valence electrons. The number of nitrogens with zero attached hydrogens (tertiary/aromatic N) is 3. The van der Waals surface area contributed by atoms with E-state index in [4.69, 9.17) is 5.10 Å². The molecule has 3 aromatic rings. The van der Waals surface area contributed by atoms with Gasteiger partial charge in [-0.2, -0.15) is 5.10 Å². The Morgan fingerprint density at radius 2 is 1.73 bits per heavy atom. The molecule has 0 radical (unpaired) electrons. The zero-order valence-electron chi connectivity index (χ0n) is 17.9. The van der Waals surface area contributed by atoms with E-state index in [1.165, 1.54) is 17.7 Å². The topological polar surface area (TPSA) is 50.2 Å². The van der Waals surface area contributed by atoms with E-state index in [-0.39, 0.29) is 5.91 Å². The summed E-state index contributed by atoms with van der Waals surface area (Å²) < 4.78 is 1.97. The van der Waals surface area contributed by atoms with Crippen molar-refractivity contribution < 1.29 is 4.79 Å². The number of carbonyl (C=O) groups excluding carboxylic acids is 1. The van der Waals surface area contributed by atoms with Crippen molar-refractivity contribution in [3.05, 3.63) is 77.1 Å². The van der Waals surface area contributed by atoms with Gasteiger partial charge in [0, 0.05) is 23.5 Å². The van der Waals surface area contributed by atoms with E-state index in [1.807, 2.05) is 47.1 Å². The molecule has 1 N–H and O–H groups in total. The van der Waals surface area contributed by atoms with Gasteiger partial charge < -0.3 is 10.2 Å². The largest absolute Gasteiger partial charge is 0.321 e. The Bertz CT molecular complexity index is 990. The minimum absolute atomic E-state index is 0.121. The number of hydrogen-bond acceptors (Lipinski definition) is 3. The van der Waals surface area contributed by atoms with Gasteiger partial charge in [-0.15, -0.1) is 0 Å². The van der Waals surface area contributed by atoms with Crippen LogP contribution < -0.4 is 5.32 Å². The van der Waals surface area contributed by atoms with Crippen molar-refractivity contribution in [2.24, 2.45) is 0 Å². The van der Waals surface area contributed by atoms with Crippen LogP contribution in [0.5, 0.6) is 0 Å².